The van der Waals surface area contributed by atoms with Crippen LogP contribution in [0.5, 0.6) is 0 Å². The van der Waals surface area contributed by atoms with Gasteiger partial charge in [0.25, 0.3) is 0 Å². The summed E-state index contributed by atoms with van der Waals surface area (Å²) in [6.07, 6.45) is 5.16. The standard InChI is InChI=1S/C13H16N2O/c1-4-9-15(3)12-8-6-7-11(10-12)14-13(16)5-2/h4-10H,2H2,1,3H3,(H,14,16)/b9-4+. The van der Waals surface area contributed by atoms with E-state index in [1.165, 1.54) is 6.08 Å². The first-order valence-electron chi connectivity index (χ1n) is 5.06. The second kappa shape index (κ2) is 5.75. The van der Waals surface area contributed by atoms with Crippen LogP contribution in [0.1, 0.15) is 6.92 Å². The molecule has 0 atom stereocenters. The topological polar surface area (TPSA) is 32.3 Å². The Morgan fingerprint density at radius 1 is 1.50 bits per heavy atom. The highest BCUT2D eigenvalue weighted by Gasteiger charge is 2.00. The molecule has 0 heterocycles. The van der Waals surface area contributed by atoms with Crippen molar-refractivity contribution < 1.29 is 4.79 Å². The zero-order valence-corrected chi connectivity index (χ0v) is 9.60. The van der Waals surface area contributed by atoms with Crippen LogP contribution >= 0.6 is 0 Å². The minimum atomic E-state index is -0.203. The Morgan fingerprint density at radius 3 is 2.88 bits per heavy atom. The molecule has 0 fully saturated rings. The highest BCUT2D eigenvalue weighted by Crippen LogP contribution is 2.18. The van der Waals surface area contributed by atoms with Crippen molar-refractivity contribution in [3.05, 3.63) is 49.2 Å². The van der Waals surface area contributed by atoms with Gasteiger partial charge in [-0.05, 0) is 37.4 Å². The summed E-state index contributed by atoms with van der Waals surface area (Å²) in [5.74, 6) is -0.203. The fourth-order valence-corrected chi connectivity index (χ4v) is 1.31. The Balaban J connectivity index is 2.86. The molecule has 3 nitrogen and oxygen atoms in total. The van der Waals surface area contributed by atoms with E-state index in [0.717, 1.165) is 11.4 Å². The number of nitrogens with one attached hydrogen (secondary N) is 1. The Kier molecular flexibility index (Phi) is 4.33. The lowest BCUT2D eigenvalue weighted by atomic mass is 10.2. The van der Waals surface area contributed by atoms with Gasteiger partial charge in [0.05, 0.1) is 0 Å². The van der Waals surface area contributed by atoms with E-state index >= 15 is 0 Å². The lowest BCUT2D eigenvalue weighted by Gasteiger charge is -2.15. The first-order valence-corrected chi connectivity index (χ1v) is 5.06. The van der Waals surface area contributed by atoms with Gasteiger partial charge in [-0.15, -0.1) is 0 Å². The molecule has 0 saturated heterocycles. The van der Waals surface area contributed by atoms with Crippen molar-refractivity contribution in [3.8, 4) is 0 Å². The first kappa shape index (κ1) is 12.0. The van der Waals surface area contributed by atoms with E-state index in [9.17, 15) is 4.79 Å². The smallest absolute Gasteiger partial charge is 0.247 e. The lowest BCUT2D eigenvalue weighted by Crippen LogP contribution is -2.10. The van der Waals surface area contributed by atoms with Crippen molar-refractivity contribution in [2.75, 3.05) is 17.3 Å². The lowest BCUT2D eigenvalue weighted by molar-refractivity contribution is -0.111. The van der Waals surface area contributed by atoms with Crippen molar-refractivity contribution in [1.29, 1.82) is 0 Å². The average Bonchev–Trinajstić information content (AvgIpc) is 2.29. The molecule has 0 aliphatic heterocycles. The molecule has 0 spiro atoms. The van der Waals surface area contributed by atoms with Gasteiger partial charge in [-0.1, -0.05) is 18.7 Å². The molecule has 0 radical (unpaired) electrons. The number of hydrogen-bond donors (Lipinski definition) is 1. The molecular weight excluding hydrogens is 200 g/mol. The summed E-state index contributed by atoms with van der Waals surface area (Å²) in [5.41, 5.74) is 1.78. The van der Waals surface area contributed by atoms with Gasteiger partial charge in [0.1, 0.15) is 0 Å². The summed E-state index contributed by atoms with van der Waals surface area (Å²) in [6, 6.07) is 7.62. The van der Waals surface area contributed by atoms with Gasteiger partial charge in [-0.2, -0.15) is 0 Å². The van der Waals surface area contributed by atoms with E-state index in [2.05, 4.69) is 11.9 Å². The second-order valence-corrected chi connectivity index (χ2v) is 3.34. The number of carbonyl (C=O) groups is 1. The van der Waals surface area contributed by atoms with Crippen molar-refractivity contribution in [3.63, 3.8) is 0 Å². The second-order valence-electron chi connectivity index (χ2n) is 3.34. The quantitative estimate of drug-likeness (QED) is 0.785. The number of anilines is 2. The van der Waals surface area contributed by atoms with Gasteiger partial charge < -0.3 is 10.2 Å². The van der Waals surface area contributed by atoms with Crippen molar-refractivity contribution in [2.24, 2.45) is 0 Å². The maximum absolute atomic E-state index is 11.1. The highest BCUT2D eigenvalue weighted by atomic mass is 16.1. The fraction of sp³-hybridized carbons (Fsp3) is 0.154. The third kappa shape index (κ3) is 3.28. The zero-order valence-electron chi connectivity index (χ0n) is 9.60. The summed E-state index contributed by atoms with van der Waals surface area (Å²) < 4.78 is 0. The van der Waals surface area contributed by atoms with Gasteiger partial charge in [0.15, 0.2) is 0 Å². The van der Waals surface area contributed by atoms with Crippen molar-refractivity contribution in [2.45, 2.75) is 6.92 Å². The molecule has 16 heavy (non-hydrogen) atoms. The van der Waals surface area contributed by atoms with Crippen LogP contribution in [0.2, 0.25) is 0 Å². The summed E-state index contributed by atoms with van der Waals surface area (Å²) >= 11 is 0. The predicted molar refractivity (Wildman–Crippen MR) is 68.5 cm³/mol. The van der Waals surface area contributed by atoms with E-state index in [1.807, 2.05) is 55.4 Å². The Hall–Kier alpha value is -2.03. The molecule has 0 aromatic heterocycles. The molecule has 1 aromatic rings. The number of carbonyl (C=O) groups excluding carboxylic acids is 1. The SMILES string of the molecule is C=CC(=O)Nc1cccc(N(C)/C=C/C)c1. The van der Waals surface area contributed by atoms with Crippen LogP contribution in [0.25, 0.3) is 0 Å². The van der Waals surface area contributed by atoms with Crippen LogP contribution < -0.4 is 10.2 Å². The molecule has 1 amide bonds. The summed E-state index contributed by atoms with van der Waals surface area (Å²) in [4.78, 5) is 13.1. The number of amides is 1. The Bertz CT molecular complexity index is 410. The van der Waals surface area contributed by atoms with Crippen LogP contribution in [0.4, 0.5) is 11.4 Å². The molecule has 0 saturated carbocycles. The van der Waals surface area contributed by atoms with Crippen LogP contribution in [-0.4, -0.2) is 13.0 Å². The van der Waals surface area contributed by atoms with Gasteiger partial charge >= 0.3 is 0 Å². The maximum Gasteiger partial charge on any atom is 0.247 e. The summed E-state index contributed by atoms with van der Waals surface area (Å²) in [6.45, 7) is 5.37. The van der Waals surface area contributed by atoms with Crippen LogP contribution in [0, 0.1) is 0 Å². The zero-order chi connectivity index (χ0) is 12.0. The molecular formula is C13H16N2O. The normalized spacial score (nSPS) is 10.1. The number of nitrogens with zero attached hydrogens (tertiary/aromatic N) is 1. The fourth-order valence-electron chi connectivity index (χ4n) is 1.31. The highest BCUT2D eigenvalue weighted by molar-refractivity contribution is 5.99. The molecule has 1 aromatic carbocycles. The average molecular weight is 216 g/mol. The van der Waals surface area contributed by atoms with Crippen LogP contribution in [0.15, 0.2) is 49.2 Å². The molecule has 3 heteroatoms. The van der Waals surface area contributed by atoms with Gasteiger partial charge in [0, 0.05) is 18.4 Å². The molecule has 0 unspecified atom stereocenters. The van der Waals surface area contributed by atoms with Crippen molar-refractivity contribution in [1.82, 2.24) is 0 Å². The minimum absolute atomic E-state index is 0.203. The Labute approximate surface area is 96.1 Å². The number of benzene rings is 1. The van der Waals surface area contributed by atoms with E-state index in [4.69, 9.17) is 0 Å². The predicted octanol–water partition coefficient (Wildman–Crippen LogP) is 2.78. The number of allylic oxidation sites excluding steroid dienone is 1. The third-order valence-electron chi connectivity index (χ3n) is 2.08. The van der Waals surface area contributed by atoms with Gasteiger partial charge in [-0.25, -0.2) is 0 Å². The molecule has 0 aliphatic rings. The largest absolute Gasteiger partial charge is 0.351 e. The number of rotatable bonds is 4. The van der Waals surface area contributed by atoms with Gasteiger partial charge in [-0.3, -0.25) is 4.79 Å². The summed E-state index contributed by atoms with van der Waals surface area (Å²) in [5, 5.41) is 2.72. The maximum atomic E-state index is 11.1. The molecule has 0 aliphatic carbocycles. The van der Waals surface area contributed by atoms with E-state index < -0.39 is 0 Å². The van der Waals surface area contributed by atoms with Crippen LogP contribution in [-0.2, 0) is 4.79 Å². The molecule has 1 N–H and O–H groups in total. The molecule has 1 rings (SSSR count). The van der Waals surface area contributed by atoms with E-state index in [1.54, 1.807) is 0 Å². The molecule has 84 valence electrons. The van der Waals surface area contributed by atoms with Gasteiger partial charge in [0.2, 0.25) is 5.91 Å². The number of hydrogen-bond acceptors (Lipinski definition) is 2. The van der Waals surface area contributed by atoms with Crippen LogP contribution in [0.3, 0.4) is 0 Å². The Morgan fingerprint density at radius 2 is 2.25 bits per heavy atom. The minimum Gasteiger partial charge on any atom is -0.351 e. The third-order valence-corrected chi connectivity index (χ3v) is 2.08. The first-order chi connectivity index (χ1) is 7.67. The molecule has 0 bridgehead atoms. The van der Waals surface area contributed by atoms with E-state index in [-0.39, 0.29) is 5.91 Å². The summed E-state index contributed by atoms with van der Waals surface area (Å²) in [7, 11) is 1.95. The van der Waals surface area contributed by atoms with Crippen molar-refractivity contribution >= 4 is 17.3 Å². The van der Waals surface area contributed by atoms with E-state index in [0.29, 0.717) is 0 Å². The monoisotopic (exact) mass is 216 g/mol.